The van der Waals surface area contributed by atoms with Gasteiger partial charge in [0.25, 0.3) is 0 Å². The van der Waals surface area contributed by atoms with Crippen molar-refractivity contribution in [3.05, 3.63) is 77.3 Å². The summed E-state index contributed by atoms with van der Waals surface area (Å²) >= 11 is 6.03. The zero-order valence-corrected chi connectivity index (χ0v) is 21.5. The van der Waals surface area contributed by atoms with E-state index < -0.39 is 46.5 Å². The molecule has 0 bridgehead atoms. The van der Waals surface area contributed by atoms with Gasteiger partial charge in [-0.2, -0.15) is 4.31 Å². The van der Waals surface area contributed by atoms with Crippen molar-refractivity contribution >= 4 is 50.2 Å². The summed E-state index contributed by atoms with van der Waals surface area (Å²) in [6, 6.07) is 15.9. The lowest BCUT2D eigenvalue weighted by Crippen LogP contribution is -2.49. The highest BCUT2D eigenvalue weighted by atomic mass is 35.5. The van der Waals surface area contributed by atoms with Crippen LogP contribution in [0, 0.1) is 0 Å². The number of hydrogen-bond donors (Lipinski definition) is 1. The van der Waals surface area contributed by atoms with Gasteiger partial charge < -0.3 is 14.7 Å². The van der Waals surface area contributed by atoms with E-state index in [1.165, 1.54) is 19.1 Å². The summed E-state index contributed by atoms with van der Waals surface area (Å²) in [5.74, 6) is -2.72. The van der Waals surface area contributed by atoms with Crippen LogP contribution in [-0.4, -0.2) is 65.7 Å². The van der Waals surface area contributed by atoms with E-state index in [-0.39, 0.29) is 24.5 Å². The van der Waals surface area contributed by atoms with E-state index in [1.807, 2.05) is 6.07 Å². The van der Waals surface area contributed by atoms with Crippen LogP contribution in [0.15, 0.2) is 71.6 Å². The van der Waals surface area contributed by atoms with Gasteiger partial charge in [-0.05, 0) is 53.9 Å². The van der Waals surface area contributed by atoms with Crippen LogP contribution in [-0.2, 0) is 35.8 Å². The van der Waals surface area contributed by atoms with Crippen LogP contribution >= 0.6 is 11.6 Å². The number of carbonyl (C=O) groups is 3. The second-order valence-corrected chi connectivity index (χ2v) is 11.0. The van der Waals surface area contributed by atoms with Gasteiger partial charge in [-0.15, -0.1) is 0 Å². The van der Waals surface area contributed by atoms with E-state index >= 15 is 0 Å². The molecule has 2 atom stereocenters. The number of carbonyl (C=O) groups excluding carboxylic acids is 2. The number of amides is 1. The number of rotatable bonds is 9. The number of aliphatic carboxylic acids is 1. The van der Waals surface area contributed by atoms with Crippen molar-refractivity contribution in [1.29, 1.82) is 0 Å². The number of sulfonamides is 1. The molecule has 1 heterocycles. The molecule has 1 amide bonds. The van der Waals surface area contributed by atoms with E-state index in [0.717, 1.165) is 20.2 Å². The third-order valence-corrected chi connectivity index (χ3v) is 8.38. The van der Waals surface area contributed by atoms with Gasteiger partial charge in [0.05, 0.1) is 4.90 Å². The predicted molar refractivity (Wildman–Crippen MR) is 136 cm³/mol. The van der Waals surface area contributed by atoms with Crippen molar-refractivity contribution in [3.8, 4) is 0 Å². The van der Waals surface area contributed by atoms with Gasteiger partial charge in [0, 0.05) is 11.6 Å². The van der Waals surface area contributed by atoms with Gasteiger partial charge in [0.2, 0.25) is 15.9 Å². The first-order chi connectivity index (χ1) is 17.6. The smallest absolute Gasteiger partial charge is 0.326 e. The molecule has 0 radical (unpaired) electrons. The monoisotopic (exact) mass is 544 g/mol. The van der Waals surface area contributed by atoms with Crippen molar-refractivity contribution in [2.24, 2.45) is 0 Å². The Hall–Kier alpha value is -3.47. The molecule has 1 saturated heterocycles. The van der Waals surface area contributed by atoms with E-state index in [0.29, 0.717) is 10.4 Å². The van der Waals surface area contributed by atoms with Gasteiger partial charge >= 0.3 is 11.9 Å². The molecule has 3 aromatic rings. The number of fused-ring (bicyclic) bond motifs is 1. The highest BCUT2D eigenvalue weighted by Gasteiger charge is 2.45. The van der Waals surface area contributed by atoms with Gasteiger partial charge in [-0.1, -0.05) is 54.1 Å². The fraction of sp³-hybridized carbons (Fsp3) is 0.269. The van der Waals surface area contributed by atoms with Crippen LogP contribution in [0.25, 0.3) is 10.8 Å². The van der Waals surface area contributed by atoms with Crippen LogP contribution in [0.5, 0.6) is 0 Å². The Morgan fingerprint density at radius 3 is 2.49 bits per heavy atom. The highest BCUT2D eigenvalue weighted by molar-refractivity contribution is 7.89. The van der Waals surface area contributed by atoms with E-state index in [2.05, 4.69) is 0 Å². The lowest BCUT2D eigenvalue weighted by Gasteiger charge is -2.27. The summed E-state index contributed by atoms with van der Waals surface area (Å²) in [5, 5.41) is 11.2. The molecule has 9 nitrogen and oxygen atoms in total. The third kappa shape index (κ3) is 5.76. The topological polar surface area (TPSA) is 121 Å². The fourth-order valence-electron chi connectivity index (χ4n) is 4.24. The Kier molecular flexibility index (Phi) is 7.82. The lowest BCUT2D eigenvalue weighted by molar-refractivity contribution is -0.149. The standard InChI is InChI=1S/C26H25ClN2O7S/c1-17(26(32)33)28-12-11-23(25(28)31)29(15-24(30)36-16-18-5-3-2-4-6-18)37(34,35)22-10-8-19-13-21(27)9-7-20(19)14-22/h2-10,13-14,17,23H,11-12,15-16H2,1H3,(H,32,33)/t17-,23-/m0/s1. The van der Waals surface area contributed by atoms with Crippen LogP contribution in [0.2, 0.25) is 5.02 Å². The van der Waals surface area contributed by atoms with Crippen molar-refractivity contribution in [2.75, 3.05) is 13.1 Å². The first-order valence-corrected chi connectivity index (χ1v) is 13.3. The molecule has 4 rings (SSSR count). The Morgan fingerprint density at radius 1 is 1.11 bits per heavy atom. The molecule has 1 aliphatic rings. The van der Waals surface area contributed by atoms with Crippen LogP contribution < -0.4 is 0 Å². The number of benzene rings is 3. The first kappa shape index (κ1) is 26.6. The summed E-state index contributed by atoms with van der Waals surface area (Å²) in [7, 11) is -4.36. The minimum atomic E-state index is -4.36. The van der Waals surface area contributed by atoms with E-state index in [1.54, 1.807) is 48.5 Å². The molecule has 1 N–H and O–H groups in total. The Bertz CT molecular complexity index is 1450. The third-order valence-electron chi connectivity index (χ3n) is 6.29. The SMILES string of the molecule is C[C@@H](C(=O)O)N1CC[C@H](N(CC(=O)OCc2ccccc2)S(=O)(=O)c2ccc3cc(Cl)ccc3c2)C1=O. The molecule has 11 heteroatoms. The Labute approximate surface area is 219 Å². The molecule has 0 saturated carbocycles. The zero-order valence-electron chi connectivity index (χ0n) is 19.9. The number of likely N-dealkylation sites (tertiary alicyclic amines) is 1. The quantitative estimate of drug-likeness (QED) is 0.410. The fourth-order valence-corrected chi connectivity index (χ4v) is 6.01. The Morgan fingerprint density at radius 2 is 1.78 bits per heavy atom. The molecular weight excluding hydrogens is 520 g/mol. The molecule has 0 aliphatic carbocycles. The second-order valence-electron chi connectivity index (χ2n) is 8.70. The summed E-state index contributed by atoms with van der Waals surface area (Å²) in [5.41, 5.74) is 0.719. The molecule has 0 aromatic heterocycles. The number of halogens is 1. The summed E-state index contributed by atoms with van der Waals surface area (Å²) in [6.45, 7) is 0.618. The van der Waals surface area contributed by atoms with Crippen molar-refractivity contribution in [3.63, 3.8) is 0 Å². The van der Waals surface area contributed by atoms with Gasteiger partial charge in [-0.3, -0.25) is 9.59 Å². The second kappa shape index (κ2) is 10.9. The largest absolute Gasteiger partial charge is 0.480 e. The summed E-state index contributed by atoms with van der Waals surface area (Å²) in [4.78, 5) is 38.4. The average molecular weight is 545 g/mol. The highest BCUT2D eigenvalue weighted by Crippen LogP contribution is 2.29. The summed E-state index contributed by atoms with van der Waals surface area (Å²) < 4.78 is 33.7. The van der Waals surface area contributed by atoms with Crippen molar-refractivity contribution < 1.29 is 32.6 Å². The molecule has 0 spiro atoms. The molecule has 37 heavy (non-hydrogen) atoms. The maximum atomic E-state index is 13.8. The molecule has 3 aromatic carbocycles. The van der Waals surface area contributed by atoms with Gasteiger partial charge in [0.1, 0.15) is 25.2 Å². The van der Waals surface area contributed by atoms with Gasteiger partial charge in [0.15, 0.2) is 0 Å². The minimum Gasteiger partial charge on any atom is -0.480 e. The normalized spacial score (nSPS) is 16.8. The number of carboxylic acid groups (broad SMARTS) is 1. The van der Waals surface area contributed by atoms with E-state index in [9.17, 15) is 27.9 Å². The Balaban J connectivity index is 1.65. The zero-order chi connectivity index (χ0) is 26.7. The van der Waals surface area contributed by atoms with Crippen LogP contribution in [0.3, 0.4) is 0 Å². The number of ether oxygens (including phenoxy) is 1. The molecule has 1 fully saturated rings. The number of esters is 1. The van der Waals surface area contributed by atoms with Crippen molar-refractivity contribution in [1.82, 2.24) is 9.21 Å². The van der Waals surface area contributed by atoms with Crippen molar-refractivity contribution in [2.45, 2.75) is 36.9 Å². The number of nitrogens with zero attached hydrogens (tertiary/aromatic N) is 2. The number of carboxylic acids is 1. The molecule has 1 aliphatic heterocycles. The predicted octanol–water partition coefficient (Wildman–Crippen LogP) is 3.30. The van der Waals surface area contributed by atoms with Crippen LogP contribution in [0.4, 0.5) is 0 Å². The lowest BCUT2D eigenvalue weighted by atomic mass is 10.1. The maximum Gasteiger partial charge on any atom is 0.326 e. The minimum absolute atomic E-state index is 0.0326. The molecule has 0 unspecified atom stereocenters. The molecular formula is C26H25ClN2O7S. The average Bonchev–Trinajstić information content (AvgIpc) is 3.26. The maximum absolute atomic E-state index is 13.8. The molecule has 194 valence electrons. The van der Waals surface area contributed by atoms with Gasteiger partial charge in [-0.25, -0.2) is 13.2 Å². The van der Waals surface area contributed by atoms with E-state index in [4.69, 9.17) is 16.3 Å². The summed E-state index contributed by atoms with van der Waals surface area (Å²) in [6.07, 6.45) is 0.0326. The number of hydrogen-bond acceptors (Lipinski definition) is 6. The van der Waals surface area contributed by atoms with Crippen LogP contribution in [0.1, 0.15) is 18.9 Å². The first-order valence-electron chi connectivity index (χ1n) is 11.5.